The highest BCUT2D eigenvalue weighted by atomic mass is 16.2. The molecule has 0 atom stereocenters. The predicted octanol–water partition coefficient (Wildman–Crippen LogP) is 4.86. The van der Waals surface area contributed by atoms with Gasteiger partial charge < -0.3 is 4.90 Å². The molecule has 0 unspecified atom stereocenters. The Balaban J connectivity index is 2.60. The van der Waals surface area contributed by atoms with Gasteiger partial charge in [0.1, 0.15) is 0 Å². The summed E-state index contributed by atoms with van der Waals surface area (Å²) >= 11 is 0. The Bertz CT molecular complexity index is 444. The quantitative estimate of drug-likeness (QED) is 0.314. The summed E-state index contributed by atoms with van der Waals surface area (Å²) in [6.07, 6.45) is 8.92. The highest BCUT2D eigenvalue weighted by Crippen LogP contribution is 2.09. The number of amides is 1. The van der Waals surface area contributed by atoms with Gasteiger partial charge in [0.15, 0.2) is 0 Å². The zero-order chi connectivity index (χ0) is 16.9. The normalized spacial score (nSPS) is 10.5. The minimum absolute atomic E-state index is 0.343. The van der Waals surface area contributed by atoms with Crippen molar-refractivity contribution >= 4 is 11.7 Å². The summed E-state index contributed by atoms with van der Waals surface area (Å²) in [5.74, 6) is -0.722. The number of nitrogens with zero attached hydrogens (tertiary/aromatic N) is 1. The van der Waals surface area contributed by atoms with E-state index < -0.39 is 0 Å². The minimum Gasteiger partial charge on any atom is -0.336 e. The molecule has 0 spiro atoms. The summed E-state index contributed by atoms with van der Waals surface area (Å²) in [4.78, 5) is 26.7. The van der Waals surface area contributed by atoms with Crippen LogP contribution in [0.5, 0.6) is 0 Å². The maximum Gasteiger partial charge on any atom is 0.294 e. The molecule has 1 aromatic carbocycles. The Hall–Kier alpha value is -1.64. The van der Waals surface area contributed by atoms with Gasteiger partial charge in [0, 0.05) is 18.7 Å². The number of Topliss-reactive ketones (excluding diaryl/α,β-unsaturated/α-hetero) is 1. The van der Waals surface area contributed by atoms with E-state index in [0.717, 1.165) is 25.7 Å². The first-order chi connectivity index (χ1) is 11.2. The van der Waals surface area contributed by atoms with Crippen LogP contribution in [0.3, 0.4) is 0 Å². The monoisotopic (exact) mass is 317 g/mol. The molecule has 23 heavy (non-hydrogen) atoms. The smallest absolute Gasteiger partial charge is 0.294 e. The Morgan fingerprint density at radius 2 is 1.30 bits per heavy atom. The van der Waals surface area contributed by atoms with Crippen LogP contribution in [0.2, 0.25) is 0 Å². The molecule has 1 amide bonds. The molecule has 3 nitrogen and oxygen atoms in total. The number of carbonyl (C=O) groups excluding carboxylic acids is 2. The first kappa shape index (κ1) is 19.4. The molecular weight excluding hydrogens is 286 g/mol. The molecular formula is C20H31NO2. The van der Waals surface area contributed by atoms with E-state index in [1.165, 1.54) is 25.7 Å². The summed E-state index contributed by atoms with van der Waals surface area (Å²) in [6, 6.07) is 8.88. The van der Waals surface area contributed by atoms with Crippen molar-refractivity contribution in [3.63, 3.8) is 0 Å². The molecule has 0 heterocycles. The molecule has 0 saturated carbocycles. The SMILES string of the molecule is CCCCCCN(CCCCCC)C(=O)C(=O)c1ccccc1. The number of hydrogen-bond donors (Lipinski definition) is 0. The van der Waals surface area contributed by atoms with Gasteiger partial charge in [0.2, 0.25) is 5.78 Å². The highest BCUT2D eigenvalue weighted by Gasteiger charge is 2.22. The number of hydrogen-bond acceptors (Lipinski definition) is 2. The lowest BCUT2D eigenvalue weighted by Crippen LogP contribution is -2.38. The summed E-state index contributed by atoms with van der Waals surface area (Å²) in [5.41, 5.74) is 0.490. The van der Waals surface area contributed by atoms with Crippen molar-refractivity contribution in [2.75, 3.05) is 13.1 Å². The van der Waals surface area contributed by atoms with Crippen LogP contribution in [0.1, 0.15) is 75.6 Å². The van der Waals surface area contributed by atoms with Gasteiger partial charge in [-0.1, -0.05) is 82.7 Å². The lowest BCUT2D eigenvalue weighted by molar-refractivity contribution is -0.126. The highest BCUT2D eigenvalue weighted by molar-refractivity contribution is 6.42. The van der Waals surface area contributed by atoms with Crippen molar-refractivity contribution in [2.24, 2.45) is 0 Å². The summed E-state index contributed by atoms with van der Waals surface area (Å²) in [7, 11) is 0. The first-order valence-corrected chi connectivity index (χ1v) is 9.09. The van der Waals surface area contributed by atoms with E-state index >= 15 is 0 Å². The maximum absolute atomic E-state index is 12.5. The standard InChI is InChI=1S/C20H31NO2/c1-3-5-7-12-16-21(17-13-8-6-4-2)20(23)19(22)18-14-10-9-11-15-18/h9-11,14-15H,3-8,12-13,16-17H2,1-2H3. The van der Waals surface area contributed by atoms with Gasteiger partial charge in [-0.3, -0.25) is 9.59 Å². The van der Waals surface area contributed by atoms with Gasteiger partial charge in [0.05, 0.1) is 0 Å². The van der Waals surface area contributed by atoms with Gasteiger partial charge in [0.25, 0.3) is 5.91 Å². The van der Waals surface area contributed by atoms with E-state index in [0.29, 0.717) is 18.7 Å². The first-order valence-electron chi connectivity index (χ1n) is 9.09. The van der Waals surface area contributed by atoms with Crippen LogP contribution >= 0.6 is 0 Å². The van der Waals surface area contributed by atoms with Crippen LogP contribution in [0.4, 0.5) is 0 Å². The van der Waals surface area contributed by atoms with E-state index in [9.17, 15) is 9.59 Å². The zero-order valence-electron chi connectivity index (χ0n) is 14.7. The average Bonchev–Trinajstić information content (AvgIpc) is 2.60. The van der Waals surface area contributed by atoms with Crippen LogP contribution < -0.4 is 0 Å². The molecule has 128 valence electrons. The van der Waals surface area contributed by atoms with E-state index in [-0.39, 0.29) is 11.7 Å². The number of rotatable bonds is 12. The molecule has 0 bridgehead atoms. The Morgan fingerprint density at radius 1 is 0.783 bits per heavy atom. The average molecular weight is 317 g/mol. The van der Waals surface area contributed by atoms with Gasteiger partial charge in [-0.05, 0) is 12.8 Å². The number of carbonyl (C=O) groups is 2. The third kappa shape index (κ3) is 7.45. The third-order valence-electron chi connectivity index (χ3n) is 4.08. The Kier molecular flexibility index (Phi) is 10.0. The molecule has 0 aliphatic rings. The predicted molar refractivity (Wildman–Crippen MR) is 95.6 cm³/mol. The van der Waals surface area contributed by atoms with Crippen LogP contribution in [0, 0.1) is 0 Å². The lowest BCUT2D eigenvalue weighted by Gasteiger charge is -2.22. The van der Waals surface area contributed by atoms with Crippen LogP contribution in [0.15, 0.2) is 30.3 Å². The fraction of sp³-hybridized carbons (Fsp3) is 0.600. The number of benzene rings is 1. The third-order valence-corrected chi connectivity index (χ3v) is 4.08. The zero-order valence-corrected chi connectivity index (χ0v) is 14.7. The second-order valence-electron chi connectivity index (χ2n) is 6.11. The second-order valence-corrected chi connectivity index (χ2v) is 6.11. The van der Waals surface area contributed by atoms with Crippen molar-refractivity contribution in [3.8, 4) is 0 Å². The molecule has 0 aliphatic carbocycles. The van der Waals surface area contributed by atoms with Gasteiger partial charge in [-0.25, -0.2) is 0 Å². The fourth-order valence-electron chi connectivity index (χ4n) is 2.63. The van der Waals surface area contributed by atoms with Gasteiger partial charge >= 0.3 is 0 Å². The summed E-state index contributed by atoms with van der Waals surface area (Å²) in [6.45, 7) is 5.74. The Labute approximate surface area is 141 Å². The van der Waals surface area contributed by atoms with Crippen LogP contribution in [-0.4, -0.2) is 29.7 Å². The topological polar surface area (TPSA) is 37.4 Å². The van der Waals surface area contributed by atoms with Gasteiger partial charge in [-0.15, -0.1) is 0 Å². The molecule has 0 saturated heterocycles. The lowest BCUT2D eigenvalue weighted by atomic mass is 10.1. The van der Waals surface area contributed by atoms with E-state index in [4.69, 9.17) is 0 Å². The van der Waals surface area contributed by atoms with E-state index in [1.807, 2.05) is 6.07 Å². The summed E-state index contributed by atoms with van der Waals surface area (Å²) in [5, 5.41) is 0. The van der Waals surface area contributed by atoms with Gasteiger partial charge in [-0.2, -0.15) is 0 Å². The molecule has 1 rings (SSSR count). The van der Waals surface area contributed by atoms with Crippen molar-refractivity contribution in [1.29, 1.82) is 0 Å². The number of ketones is 1. The Morgan fingerprint density at radius 3 is 1.78 bits per heavy atom. The van der Waals surface area contributed by atoms with E-state index in [2.05, 4.69) is 13.8 Å². The van der Waals surface area contributed by atoms with Crippen LogP contribution in [-0.2, 0) is 4.79 Å². The molecule has 0 aromatic heterocycles. The largest absolute Gasteiger partial charge is 0.336 e. The maximum atomic E-state index is 12.5. The van der Waals surface area contributed by atoms with Crippen LogP contribution in [0.25, 0.3) is 0 Å². The minimum atomic E-state index is -0.378. The van der Waals surface area contributed by atoms with Crippen molar-refractivity contribution in [3.05, 3.63) is 35.9 Å². The van der Waals surface area contributed by atoms with Crippen molar-refractivity contribution in [2.45, 2.75) is 65.2 Å². The molecule has 0 radical (unpaired) electrons. The number of unbranched alkanes of at least 4 members (excludes halogenated alkanes) is 6. The summed E-state index contributed by atoms with van der Waals surface area (Å²) < 4.78 is 0. The molecule has 0 aliphatic heterocycles. The second kappa shape index (κ2) is 11.9. The van der Waals surface area contributed by atoms with E-state index in [1.54, 1.807) is 29.2 Å². The molecule has 0 fully saturated rings. The fourth-order valence-corrected chi connectivity index (χ4v) is 2.63. The molecule has 3 heteroatoms. The van der Waals surface area contributed by atoms with Crippen molar-refractivity contribution < 1.29 is 9.59 Å². The molecule has 1 aromatic rings. The van der Waals surface area contributed by atoms with Crippen molar-refractivity contribution in [1.82, 2.24) is 4.90 Å². The molecule has 0 N–H and O–H groups in total.